The maximum Gasteiger partial charge on any atom is 0.204 e. The van der Waals surface area contributed by atoms with Gasteiger partial charge in [0, 0.05) is 34.8 Å². The van der Waals surface area contributed by atoms with Crippen molar-refractivity contribution in [2.45, 2.75) is 26.3 Å². The average Bonchev–Trinajstić information content (AvgIpc) is 3.07. The van der Waals surface area contributed by atoms with E-state index in [9.17, 15) is 4.79 Å². The number of hydrogen-bond acceptors (Lipinski definition) is 3. The minimum absolute atomic E-state index is 0.0375. The molecular formula is C17H16N4O. The maximum atomic E-state index is 12.8. The van der Waals surface area contributed by atoms with Crippen LogP contribution in [0.15, 0.2) is 29.5 Å². The van der Waals surface area contributed by atoms with Gasteiger partial charge < -0.3 is 9.97 Å². The first-order valence-electron chi connectivity index (χ1n) is 7.32. The highest BCUT2D eigenvalue weighted by atomic mass is 16.1. The largest absolute Gasteiger partial charge is 0.351 e. The molecular weight excluding hydrogens is 276 g/mol. The summed E-state index contributed by atoms with van der Waals surface area (Å²) < 4.78 is 0. The molecule has 1 aliphatic heterocycles. The molecule has 0 spiro atoms. The molecule has 5 heteroatoms. The summed E-state index contributed by atoms with van der Waals surface area (Å²) >= 11 is 0. The molecule has 22 heavy (non-hydrogen) atoms. The number of Topliss-reactive ketones (excluding diaryl/α,β-unsaturated/α-hetero) is 1. The van der Waals surface area contributed by atoms with Gasteiger partial charge in [0.15, 0.2) is 0 Å². The van der Waals surface area contributed by atoms with Crippen molar-refractivity contribution in [1.82, 2.24) is 15.0 Å². The second-order valence-electron chi connectivity index (χ2n) is 5.75. The quantitative estimate of drug-likeness (QED) is 0.762. The van der Waals surface area contributed by atoms with E-state index in [0.717, 1.165) is 33.4 Å². The van der Waals surface area contributed by atoms with Crippen molar-refractivity contribution >= 4 is 22.9 Å². The Labute approximate surface area is 127 Å². The number of carbonyl (C=O) groups is 1. The summed E-state index contributed by atoms with van der Waals surface area (Å²) in [5.41, 5.74) is 5.59. The smallest absolute Gasteiger partial charge is 0.204 e. The fourth-order valence-electron chi connectivity index (χ4n) is 3.10. The summed E-state index contributed by atoms with van der Waals surface area (Å²) in [4.78, 5) is 27.8. The Morgan fingerprint density at radius 2 is 2.14 bits per heavy atom. The van der Waals surface area contributed by atoms with E-state index >= 15 is 0 Å². The summed E-state index contributed by atoms with van der Waals surface area (Å²) in [5.74, 6) is 0.0375. The van der Waals surface area contributed by atoms with Crippen LogP contribution in [0.25, 0.3) is 10.9 Å². The highest BCUT2D eigenvalue weighted by Crippen LogP contribution is 2.28. The number of carbonyl (C=O) groups excluding carboxylic acids is 1. The molecule has 1 unspecified atom stereocenters. The summed E-state index contributed by atoms with van der Waals surface area (Å²) in [6, 6.07) is 5.64. The number of rotatable bonds is 2. The Kier molecular flexibility index (Phi) is 2.76. The fraction of sp³-hybridized carbons (Fsp3) is 0.235. The Bertz CT molecular complexity index is 916. The number of H-pyrrole nitrogens is 2. The predicted octanol–water partition coefficient (Wildman–Crippen LogP) is 2.73. The molecule has 3 aromatic rings. The van der Waals surface area contributed by atoms with Gasteiger partial charge in [-0.05, 0) is 25.5 Å². The van der Waals surface area contributed by atoms with E-state index in [4.69, 9.17) is 0 Å². The first-order valence-corrected chi connectivity index (χ1v) is 7.32. The second kappa shape index (κ2) is 4.66. The first-order chi connectivity index (χ1) is 10.6. The van der Waals surface area contributed by atoms with Crippen LogP contribution < -0.4 is 0 Å². The third-order valence-corrected chi connectivity index (χ3v) is 4.32. The monoisotopic (exact) mass is 292 g/mol. The van der Waals surface area contributed by atoms with E-state index in [1.807, 2.05) is 38.3 Å². The van der Waals surface area contributed by atoms with Gasteiger partial charge in [-0.1, -0.05) is 12.1 Å². The van der Waals surface area contributed by atoms with Crippen LogP contribution in [0.4, 0.5) is 0 Å². The fourth-order valence-corrected chi connectivity index (χ4v) is 3.10. The minimum atomic E-state index is -0.400. The number of benzene rings is 1. The van der Waals surface area contributed by atoms with Crippen LogP contribution in [0.5, 0.6) is 0 Å². The van der Waals surface area contributed by atoms with Crippen molar-refractivity contribution in [1.29, 1.82) is 0 Å². The van der Waals surface area contributed by atoms with E-state index < -0.39 is 6.04 Å². The summed E-state index contributed by atoms with van der Waals surface area (Å²) in [5, 5.41) is 1.09. The van der Waals surface area contributed by atoms with Gasteiger partial charge in [-0.2, -0.15) is 0 Å². The molecule has 1 atom stereocenters. The Hall–Kier alpha value is -2.69. The van der Waals surface area contributed by atoms with Crippen molar-refractivity contribution in [2.24, 2.45) is 4.99 Å². The molecule has 0 saturated heterocycles. The Morgan fingerprint density at radius 1 is 1.27 bits per heavy atom. The number of ketones is 1. The molecule has 3 heterocycles. The van der Waals surface area contributed by atoms with Gasteiger partial charge in [0.1, 0.15) is 6.04 Å². The van der Waals surface area contributed by atoms with E-state index in [0.29, 0.717) is 12.1 Å². The summed E-state index contributed by atoms with van der Waals surface area (Å²) in [6.45, 7) is 4.00. The van der Waals surface area contributed by atoms with Gasteiger partial charge in [-0.25, -0.2) is 4.98 Å². The lowest BCUT2D eigenvalue weighted by Gasteiger charge is -2.14. The third-order valence-electron chi connectivity index (χ3n) is 4.32. The van der Waals surface area contributed by atoms with Gasteiger partial charge in [0.05, 0.1) is 17.7 Å². The van der Waals surface area contributed by atoms with Crippen molar-refractivity contribution in [2.75, 3.05) is 0 Å². The zero-order chi connectivity index (χ0) is 15.3. The van der Waals surface area contributed by atoms with Gasteiger partial charge in [0.2, 0.25) is 5.78 Å². The number of fused-ring (bicyclic) bond motifs is 3. The lowest BCUT2D eigenvalue weighted by Crippen LogP contribution is -2.26. The predicted molar refractivity (Wildman–Crippen MR) is 85.8 cm³/mol. The molecule has 0 bridgehead atoms. The second-order valence-corrected chi connectivity index (χ2v) is 5.75. The number of nitrogens with one attached hydrogen (secondary N) is 2. The first kappa shape index (κ1) is 13.0. The molecule has 0 radical (unpaired) electrons. The lowest BCUT2D eigenvalue weighted by atomic mass is 9.97. The van der Waals surface area contributed by atoms with Crippen molar-refractivity contribution < 1.29 is 4.79 Å². The Morgan fingerprint density at radius 3 is 2.91 bits per heavy atom. The summed E-state index contributed by atoms with van der Waals surface area (Å²) in [7, 11) is 0. The average molecular weight is 292 g/mol. The third kappa shape index (κ3) is 1.82. The van der Waals surface area contributed by atoms with Crippen molar-refractivity contribution in [3.63, 3.8) is 0 Å². The topological polar surface area (TPSA) is 73.9 Å². The SMILES string of the molecule is Cc1[nH]cnc1CC1N=Cc2c([nH]c3cccc(C)c23)C1=O. The summed E-state index contributed by atoms with van der Waals surface area (Å²) in [6.07, 6.45) is 4.01. The molecule has 110 valence electrons. The van der Waals surface area contributed by atoms with Crippen LogP contribution in [0.3, 0.4) is 0 Å². The number of aryl methyl sites for hydroxylation is 2. The van der Waals surface area contributed by atoms with E-state index in [1.54, 1.807) is 6.33 Å². The molecule has 1 aliphatic rings. The van der Waals surface area contributed by atoms with Crippen LogP contribution in [-0.4, -0.2) is 33.0 Å². The highest BCUT2D eigenvalue weighted by Gasteiger charge is 2.29. The number of aliphatic imine (C=N–C) groups is 1. The van der Waals surface area contributed by atoms with Gasteiger partial charge in [-0.15, -0.1) is 0 Å². The molecule has 0 saturated carbocycles. The highest BCUT2D eigenvalue weighted by molar-refractivity contribution is 6.16. The Balaban J connectivity index is 1.77. The number of aromatic amines is 2. The molecule has 0 amide bonds. The van der Waals surface area contributed by atoms with Crippen LogP contribution in [0, 0.1) is 13.8 Å². The zero-order valence-electron chi connectivity index (χ0n) is 12.5. The standard InChI is InChI=1S/C17H16N4O/c1-9-4-3-5-12-15(9)11-7-18-14(17(22)16(11)21-12)6-13-10(2)19-8-20-13/h3-5,7-8,14,21H,6H2,1-2H3,(H,19,20). The number of nitrogens with zero attached hydrogens (tertiary/aromatic N) is 2. The number of imidazole rings is 1. The molecule has 5 nitrogen and oxygen atoms in total. The normalized spacial score (nSPS) is 17.2. The maximum absolute atomic E-state index is 12.8. The molecule has 4 rings (SSSR count). The van der Waals surface area contributed by atoms with Gasteiger partial charge in [-0.3, -0.25) is 9.79 Å². The number of hydrogen-bond donors (Lipinski definition) is 2. The molecule has 0 aliphatic carbocycles. The molecule has 1 aromatic carbocycles. The van der Waals surface area contributed by atoms with Crippen molar-refractivity contribution in [3.8, 4) is 0 Å². The number of aromatic nitrogens is 3. The van der Waals surface area contributed by atoms with E-state index in [2.05, 4.69) is 19.9 Å². The van der Waals surface area contributed by atoms with E-state index in [-0.39, 0.29) is 5.78 Å². The zero-order valence-corrected chi connectivity index (χ0v) is 12.5. The van der Waals surface area contributed by atoms with E-state index in [1.165, 1.54) is 0 Å². The van der Waals surface area contributed by atoms with Gasteiger partial charge in [0.25, 0.3) is 0 Å². The minimum Gasteiger partial charge on any atom is -0.351 e. The van der Waals surface area contributed by atoms with Crippen LogP contribution in [0.1, 0.15) is 33.0 Å². The molecule has 2 aromatic heterocycles. The molecule has 0 fully saturated rings. The van der Waals surface area contributed by atoms with Gasteiger partial charge >= 0.3 is 0 Å². The van der Waals surface area contributed by atoms with Crippen LogP contribution >= 0.6 is 0 Å². The molecule has 2 N–H and O–H groups in total. The lowest BCUT2D eigenvalue weighted by molar-refractivity contribution is 0.0955. The van der Waals surface area contributed by atoms with Crippen LogP contribution in [0.2, 0.25) is 0 Å². The van der Waals surface area contributed by atoms with Crippen molar-refractivity contribution in [3.05, 3.63) is 52.7 Å². The van der Waals surface area contributed by atoms with Crippen LogP contribution in [-0.2, 0) is 6.42 Å².